The molecule has 0 aromatic heterocycles. The molecule has 32 heavy (non-hydrogen) atoms. The summed E-state index contributed by atoms with van der Waals surface area (Å²) in [5.74, 6) is 0.899. The normalized spacial score (nSPS) is 14.5. The van der Waals surface area contributed by atoms with Gasteiger partial charge in [-0.3, -0.25) is 4.79 Å². The van der Waals surface area contributed by atoms with E-state index < -0.39 is 15.9 Å². The third-order valence-electron chi connectivity index (χ3n) is 4.78. The molecule has 0 atom stereocenters. The number of anilines is 1. The summed E-state index contributed by atoms with van der Waals surface area (Å²) in [5, 5.41) is 2.64. The average Bonchev–Trinajstić information content (AvgIpc) is 2.82. The summed E-state index contributed by atoms with van der Waals surface area (Å²) >= 11 is 0. The van der Waals surface area contributed by atoms with Crippen molar-refractivity contribution in [3.05, 3.63) is 36.4 Å². The van der Waals surface area contributed by atoms with Gasteiger partial charge in [0.05, 0.1) is 45.1 Å². The van der Waals surface area contributed by atoms with Gasteiger partial charge in [0, 0.05) is 13.1 Å². The lowest BCUT2D eigenvalue weighted by Gasteiger charge is -2.26. The standard InChI is InChI=1S/C21H26N2O8S/c1-27-17-8-7-15(32(25,26)23-9-11-30-12-10-23)13-16(17)22-20(24)14-31-21-18(28-2)5-4-6-19(21)29-3/h4-8,13H,9-12,14H2,1-3H3,(H,22,24). The SMILES string of the molecule is COc1ccc(S(=O)(=O)N2CCOCC2)cc1NC(=O)COc1c(OC)cccc1OC. The van der Waals surface area contributed by atoms with Crippen LogP contribution < -0.4 is 24.3 Å². The van der Waals surface area contributed by atoms with Gasteiger partial charge in [0.2, 0.25) is 15.8 Å². The number of morpholine rings is 1. The van der Waals surface area contributed by atoms with E-state index in [4.69, 9.17) is 23.7 Å². The molecule has 1 aliphatic heterocycles. The van der Waals surface area contributed by atoms with Crippen LogP contribution in [0.15, 0.2) is 41.3 Å². The number of sulfonamides is 1. The van der Waals surface area contributed by atoms with Crippen LogP contribution in [0.25, 0.3) is 0 Å². The third kappa shape index (κ3) is 5.23. The van der Waals surface area contributed by atoms with E-state index in [0.29, 0.717) is 30.5 Å². The van der Waals surface area contributed by atoms with Crippen molar-refractivity contribution >= 4 is 21.6 Å². The van der Waals surface area contributed by atoms with E-state index in [1.807, 2.05) is 0 Å². The Balaban J connectivity index is 1.77. The molecule has 1 fully saturated rings. The molecular formula is C21H26N2O8S. The Morgan fingerprint density at radius 2 is 1.62 bits per heavy atom. The van der Waals surface area contributed by atoms with E-state index >= 15 is 0 Å². The monoisotopic (exact) mass is 466 g/mol. The minimum Gasteiger partial charge on any atom is -0.495 e. The van der Waals surface area contributed by atoms with Crippen LogP contribution in [-0.2, 0) is 19.6 Å². The molecule has 1 heterocycles. The van der Waals surface area contributed by atoms with Gasteiger partial charge in [0.1, 0.15) is 5.75 Å². The fraction of sp³-hybridized carbons (Fsp3) is 0.381. The number of benzene rings is 2. The molecule has 1 amide bonds. The summed E-state index contributed by atoms with van der Waals surface area (Å²) < 4.78 is 53.8. The summed E-state index contributed by atoms with van der Waals surface area (Å²) in [7, 11) is 0.650. The first-order chi connectivity index (χ1) is 15.4. The van der Waals surface area contributed by atoms with Crippen molar-refractivity contribution in [1.29, 1.82) is 0 Å². The Morgan fingerprint density at radius 3 is 2.22 bits per heavy atom. The Kier molecular flexibility index (Phi) is 7.78. The van der Waals surface area contributed by atoms with Crippen molar-refractivity contribution in [2.75, 3.05) is 59.6 Å². The van der Waals surface area contributed by atoms with Crippen molar-refractivity contribution in [2.45, 2.75) is 4.90 Å². The van der Waals surface area contributed by atoms with E-state index in [2.05, 4.69) is 5.32 Å². The number of ether oxygens (including phenoxy) is 5. The number of nitrogens with zero attached hydrogens (tertiary/aromatic N) is 1. The van der Waals surface area contributed by atoms with Crippen LogP contribution in [0.4, 0.5) is 5.69 Å². The van der Waals surface area contributed by atoms with Crippen LogP contribution in [0.1, 0.15) is 0 Å². The molecule has 1 saturated heterocycles. The maximum Gasteiger partial charge on any atom is 0.262 e. The Labute approximate surface area is 187 Å². The van der Waals surface area contributed by atoms with Crippen molar-refractivity contribution in [1.82, 2.24) is 4.31 Å². The van der Waals surface area contributed by atoms with E-state index in [-0.39, 0.29) is 36.0 Å². The van der Waals surface area contributed by atoms with Gasteiger partial charge in [-0.1, -0.05) is 6.07 Å². The van der Waals surface area contributed by atoms with Gasteiger partial charge in [-0.2, -0.15) is 4.31 Å². The Morgan fingerprint density at radius 1 is 1.00 bits per heavy atom. The molecule has 0 saturated carbocycles. The molecule has 0 unspecified atom stereocenters. The van der Waals surface area contributed by atoms with E-state index in [1.165, 1.54) is 43.8 Å². The summed E-state index contributed by atoms with van der Waals surface area (Å²) in [6.45, 7) is 0.848. The van der Waals surface area contributed by atoms with E-state index in [1.54, 1.807) is 18.2 Å². The van der Waals surface area contributed by atoms with Gasteiger partial charge in [-0.15, -0.1) is 0 Å². The lowest BCUT2D eigenvalue weighted by Crippen LogP contribution is -2.40. The third-order valence-corrected chi connectivity index (χ3v) is 6.68. The predicted molar refractivity (Wildman–Crippen MR) is 116 cm³/mol. The Hall–Kier alpha value is -3.02. The van der Waals surface area contributed by atoms with Crippen LogP contribution in [-0.4, -0.2) is 72.9 Å². The molecule has 0 spiro atoms. The zero-order valence-corrected chi connectivity index (χ0v) is 18.9. The predicted octanol–water partition coefficient (Wildman–Crippen LogP) is 1.75. The summed E-state index contributed by atoms with van der Waals surface area (Å²) in [5.41, 5.74) is 0.211. The number of para-hydroxylation sites is 1. The quantitative estimate of drug-likeness (QED) is 0.595. The number of methoxy groups -OCH3 is 3. The van der Waals surface area contributed by atoms with Crippen LogP contribution in [0.5, 0.6) is 23.0 Å². The first-order valence-corrected chi connectivity index (χ1v) is 11.2. The number of hydrogen-bond donors (Lipinski definition) is 1. The largest absolute Gasteiger partial charge is 0.495 e. The van der Waals surface area contributed by atoms with Gasteiger partial charge in [-0.05, 0) is 30.3 Å². The van der Waals surface area contributed by atoms with Crippen LogP contribution >= 0.6 is 0 Å². The van der Waals surface area contributed by atoms with Crippen LogP contribution in [0.3, 0.4) is 0 Å². The second-order valence-electron chi connectivity index (χ2n) is 6.71. The lowest BCUT2D eigenvalue weighted by molar-refractivity contribution is -0.118. The number of rotatable bonds is 9. The molecule has 0 bridgehead atoms. The minimum absolute atomic E-state index is 0.0443. The smallest absolute Gasteiger partial charge is 0.262 e. The van der Waals surface area contributed by atoms with Crippen molar-refractivity contribution in [3.8, 4) is 23.0 Å². The fourth-order valence-electron chi connectivity index (χ4n) is 3.16. The summed E-state index contributed by atoms with van der Waals surface area (Å²) in [6.07, 6.45) is 0. The molecule has 1 N–H and O–H groups in total. The number of nitrogens with one attached hydrogen (secondary N) is 1. The molecule has 0 radical (unpaired) electrons. The molecule has 11 heteroatoms. The summed E-state index contributed by atoms with van der Waals surface area (Å²) in [4.78, 5) is 12.6. The maximum atomic E-state index is 12.9. The topological polar surface area (TPSA) is 113 Å². The molecule has 0 aliphatic carbocycles. The van der Waals surface area contributed by atoms with E-state index in [9.17, 15) is 13.2 Å². The van der Waals surface area contributed by atoms with E-state index in [0.717, 1.165) is 0 Å². The molecule has 2 aromatic carbocycles. The second kappa shape index (κ2) is 10.5. The fourth-order valence-corrected chi connectivity index (χ4v) is 4.60. The van der Waals surface area contributed by atoms with Crippen molar-refractivity contribution < 1.29 is 36.9 Å². The maximum absolute atomic E-state index is 12.9. The molecule has 10 nitrogen and oxygen atoms in total. The molecule has 3 rings (SSSR count). The molecule has 1 aliphatic rings. The Bertz CT molecular complexity index is 1030. The number of hydrogen-bond acceptors (Lipinski definition) is 8. The number of carbonyl (C=O) groups excluding carboxylic acids is 1. The first kappa shape index (κ1) is 23.6. The van der Waals surface area contributed by atoms with Gasteiger partial charge >= 0.3 is 0 Å². The van der Waals surface area contributed by atoms with Gasteiger partial charge in [-0.25, -0.2) is 8.42 Å². The highest BCUT2D eigenvalue weighted by atomic mass is 32.2. The minimum atomic E-state index is -3.74. The highest BCUT2D eigenvalue weighted by Crippen LogP contribution is 2.36. The molecule has 2 aromatic rings. The van der Waals surface area contributed by atoms with Crippen molar-refractivity contribution in [2.24, 2.45) is 0 Å². The number of amides is 1. The van der Waals surface area contributed by atoms with Gasteiger partial charge in [0.15, 0.2) is 18.1 Å². The lowest BCUT2D eigenvalue weighted by atomic mass is 10.3. The first-order valence-electron chi connectivity index (χ1n) is 9.80. The van der Waals surface area contributed by atoms with Gasteiger partial charge < -0.3 is 29.0 Å². The highest BCUT2D eigenvalue weighted by molar-refractivity contribution is 7.89. The zero-order chi connectivity index (χ0) is 23.1. The van der Waals surface area contributed by atoms with Crippen LogP contribution in [0.2, 0.25) is 0 Å². The van der Waals surface area contributed by atoms with Gasteiger partial charge in [0.25, 0.3) is 5.91 Å². The second-order valence-corrected chi connectivity index (χ2v) is 8.64. The highest BCUT2D eigenvalue weighted by Gasteiger charge is 2.27. The zero-order valence-electron chi connectivity index (χ0n) is 18.1. The summed E-state index contributed by atoms with van der Waals surface area (Å²) in [6, 6.07) is 9.39. The molecular weight excluding hydrogens is 440 g/mol. The average molecular weight is 467 g/mol. The van der Waals surface area contributed by atoms with Crippen LogP contribution in [0, 0.1) is 0 Å². The van der Waals surface area contributed by atoms with Crippen molar-refractivity contribution in [3.63, 3.8) is 0 Å². The number of carbonyl (C=O) groups is 1. The molecule has 174 valence electrons.